The van der Waals surface area contributed by atoms with E-state index in [1.165, 1.54) is 36.0 Å². The van der Waals surface area contributed by atoms with Crippen molar-refractivity contribution in [1.82, 2.24) is 4.90 Å². The summed E-state index contributed by atoms with van der Waals surface area (Å²) in [5.41, 5.74) is 2.93. The van der Waals surface area contributed by atoms with Gasteiger partial charge >= 0.3 is 0 Å². The summed E-state index contributed by atoms with van der Waals surface area (Å²) in [6.07, 6.45) is 4.87. The highest BCUT2D eigenvalue weighted by Crippen LogP contribution is 2.23. The first-order valence-electron chi connectivity index (χ1n) is 7.02. The first-order valence-corrected chi connectivity index (χ1v) is 9.85. The predicted octanol–water partition coefficient (Wildman–Crippen LogP) is 4.59. The molecule has 0 radical (unpaired) electrons. The van der Waals surface area contributed by atoms with Gasteiger partial charge in [-0.15, -0.1) is 17.2 Å². The van der Waals surface area contributed by atoms with Crippen LogP contribution >= 0.6 is 17.2 Å². The Bertz CT molecular complexity index is 427. The zero-order valence-corrected chi connectivity index (χ0v) is 14.0. The molecule has 1 nitrogen and oxygen atoms in total. The normalized spacial score (nSPS) is 12.1. The van der Waals surface area contributed by atoms with E-state index in [0.29, 0.717) is 0 Å². The molecular weight excluding hydrogens is 280 g/mol. The van der Waals surface area contributed by atoms with Crippen LogP contribution in [0.15, 0.2) is 60.7 Å². The zero-order valence-electron chi connectivity index (χ0n) is 12.0. The van der Waals surface area contributed by atoms with Crippen molar-refractivity contribution in [2.75, 3.05) is 19.6 Å². The lowest BCUT2D eigenvalue weighted by molar-refractivity contribution is 0.461. The van der Waals surface area contributed by atoms with Crippen LogP contribution in [0.1, 0.15) is 11.1 Å². The molecule has 0 heterocycles. The van der Waals surface area contributed by atoms with Gasteiger partial charge in [0.05, 0.1) is 0 Å². The second kappa shape index (κ2) is 9.24. The third-order valence-electron chi connectivity index (χ3n) is 3.11. The van der Waals surface area contributed by atoms with E-state index in [2.05, 4.69) is 72.6 Å². The number of benzene rings is 2. The summed E-state index contributed by atoms with van der Waals surface area (Å²) in [6, 6.07) is 21.6. The van der Waals surface area contributed by atoms with E-state index >= 15 is 0 Å². The highest BCUT2D eigenvalue weighted by atomic mass is 31.1. The minimum absolute atomic E-state index is 0.998. The predicted molar refractivity (Wildman–Crippen MR) is 94.4 cm³/mol. The minimum Gasteiger partial charge on any atom is -0.299 e. The zero-order chi connectivity index (χ0) is 14.0. The number of rotatable bonds is 8. The summed E-state index contributed by atoms with van der Waals surface area (Å²) in [5, 5.41) is 0. The summed E-state index contributed by atoms with van der Waals surface area (Å²) in [6.45, 7) is 0. The Labute approximate surface area is 126 Å². The van der Waals surface area contributed by atoms with Gasteiger partial charge in [0.1, 0.15) is 0 Å². The molecule has 3 heteroatoms. The highest BCUT2D eigenvalue weighted by molar-refractivity contribution is 7.38. The molecule has 0 aliphatic carbocycles. The van der Waals surface area contributed by atoms with Crippen molar-refractivity contribution < 1.29 is 0 Å². The molecule has 2 atom stereocenters. The van der Waals surface area contributed by atoms with Crippen LogP contribution in [0.3, 0.4) is 0 Å². The second-order valence-electron chi connectivity index (χ2n) is 5.00. The second-order valence-corrected chi connectivity index (χ2v) is 7.34. The van der Waals surface area contributed by atoms with Gasteiger partial charge in [0.25, 0.3) is 0 Å². The number of hydrogen-bond acceptors (Lipinski definition) is 1. The van der Waals surface area contributed by atoms with E-state index in [-0.39, 0.29) is 0 Å². The van der Waals surface area contributed by atoms with Crippen LogP contribution in [0.2, 0.25) is 0 Å². The molecule has 20 heavy (non-hydrogen) atoms. The van der Waals surface area contributed by atoms with Gasteiger partial charge in [-0.3, -0.25) is 4.90 Å². The molecule has 106 valence electrons. The Morgan fingerprint density at radius 3 is 1.50 bits per heavy atom. The van der Waals surface area contributed by atoms with Gasteiger partial charge in [0.2, 0.25) is 0 Å². The molecule has 0 spiro atoms. The van der Waals surface area contributed by atoms with Gasteiger partial charge in [-0.05, 0) is 30.5 Å². The molecule has 0 amide bonds. The molecule has 0 bridgehead atoms. The summed E-state index contributed by atoms with van der Waals surface area (Å²) in [7, 11) is 4.24. The van der Waals surface area contributed by atoms with Crippen LogP contribution < -0.4 is 0 Å². The van der Waals surface area contributed by atoms with Crippen molar-refractivity contribution in [2.24, 2.45) is 0 Å². The van der Waals surface area contributed by atoms with Crippen molar-refractivity contribution in [3.05, 3.63) is 71.8 Å². The Morgan fingerprint density at radius 2 is 1.10 bits per heavy atom. The lowest BCUT2D eigenvalue weighted by Gasteiger charge is -2.16. The number of nitrogens with zero attached hydrogens (tertiary/aromatic N) is 1. The third-order valence-corrected chi connectivity index (χ3v) is 5.95. The van der Waals surface area contributed by atoms with Gasteiger partial charge < -0.3 is 0 Å². The molecule has 0 N–H and O–H groups in total. The Hall–Kier alpha value is -0.740. The van der Waals surface area contributed by atoms with Crippen LogP contribution in [0.5, 0.6) is 0 Å². The molecular formula is C17H23NP2. The summed E-state index contributed by atoms with van der Waals surface area (Å²) >= 11 is 0. The van der Waals surface area contributed by atoms with Crippen molar-refractivity contribution >= 4 is 17.2 Å². The fourth-order valence-corrected chi connectivity index (χ4v) is 4.51. The van der Waals surface area contributed by atoms with Crippen molar-refractivity contribution in [3.8, 4) is 0 Å². The van der Waals surface area contributed by atoms with E-state index in [1.807, 2.05) is 0 Å². The molecule has 0 saturated heterocycles. The van der Waals surface area contributed by atoms with E-state index < -0.39 is 0 Å². The molecule has 0 aliphatic heterocycles. The fourth-order valence-electron chi connectivity index (χ4n) is 2.03. The molecule has 0 saturated carbocycles. The van der Waals surface area contributed by atoms with E-state index in [4.69, 9.17) is 0 Å². The summed E-state index contributed by atoms with van der Waals surface area (Å²) in [5.74, 6) is 0. The van der Waals surface area contributed by atoms with E-state index in [9.17, 15) is 0 Å². The fraction of sp³-hybridized carbons (Fsp3) is 0.294. The van der Waals surface area contributed by atoms with Crippen molar-refractivity contribution in [2.45, 2.75) is 12.3 Å². The van der Waals surface area contributed by atoms with Crippen molar-refractivity contribution in [3.63, 3.8) is 0 Å². The molecule has 2 aromatic carbocycles. The van der Waals surface area contributed by atoms with Crippen LogP contribution in [0, 0.1) is 0 Å². The van der Waals surface area contributed by atoms with Gasteiger partial charge in [-0.25, -0.2) is 0 Å². The maximum atomic E-state index is 2.47. The van der Waals surface area contributed by atoms with Gasteiger partial charge in [-0.2, -0.15) is 0 Å². The van der Waals surface area contributed by atoms with Gasteiger partial charge in [0, 0.05) is 12.6 Å². The third kappa shape index (κ3) is 6.14. The molecule has 2 rings (SSSR count). The van der Waals surface area contributed by atoms with Crippen LogP contribution in [0.25, 0.3) is 0 Å². The minimum atomic E-state index is 0.998. The maximum absolute atomic E-state index is 2.47. The van der Waals surface area contributed by atoms with Crippen LogP contribution in [-0.4, -0.2) is 24.5 Å². The van der Waals surface area contributed by atoms with Crippen molar-refractivity contribution in [1.29, 1.82) is 0 Å². The lowest BCUT2D eigenvalue weighted by Crippen LogP contribution is -2.15. The molecule has 2 unspecified atom stereocenters. The van der Waals surface area contributed by atoms with E-state index in [0.717, 1.165) is 17.2 Å². The molecule has 0 aliphatic rings. The molecule has 0 fully saturated rings. The standard InChI is InChI=1S/C17H23NP2/c1-18(14-19-12-16-8-4-2-5-9-16)15-20-13-17-10-6-3-7-11-17/h2-11,19-20H,12-15H2,1H3. The highest BCUT2D eigenvalue weighted by Gasteiger charge is 1.99. The average molecular weight is 303 g/mol. The van der Waals surface area contributed by atoms with Gasteiger partial charge in [-0.1, -0.05) is 60.7 Å². The first-order chi connectivity index (χ1) is 9.84. The molecule has 2 aromatic rings. The summed E-state index contributed by atoms with van der Waals surface area (Å²) < 4.78 is 0. The summed E-state index contributed by atoms with van der Waals surface area (Å²) in [4.78, 5) is 2.47. The average Bonchev–Trinajstić information content (AvgIpc) is 2.49. The largest absolute Gasteiger partial charge is 0.299 e. The Balaban J connectivity index is 1.58. The lowest BCUT2D eigenvalue weighted by atomic mass is 10.2. The number of hydrogen-bond donors (Lipinski definition) is 0. The monoisotopic (exact) mass is 303 g/mol. The first kappa shape index (κ1) is 15.6. The quantitative estimate of drug-likeness (QED) is 0.645. The van der Waals surface area contributed by atoms with Gasteiger partial charge in [0.15, 0.2) is 0 Å². The Morgan fingerprint density at radius 1 is 0.700 bits per heavy atom. The molecule has 0 aromatic heterocycles. The van der Waals surface area contributed by atoms with Crippen LogP contribution in [0.4, 0.5) is 0 Å². The topological polar surface area (TPSA) is 3.24 Å². The van der Waals surface area contributed by atoms with E-state index in [1.54, 1.807) is 0 Å². The Kier molecular flexibility index (Phi) is 7.23. The smallest absolute Gasteiger partial charge is 0.0158 e. The SMILES string of the molecule is CN(CPCc1ccccc1)CPCc1ccccc1. The maximum Gasteiger partial charge on any atom is 0.0158 e. The van der Waals surface area contributed by atoms with Crippen LogP contribution in [-0.2, 0) is 12.3 Å².